The molecule has 18 heavy (non-hydrogen) atoms. The zero-order valence-corrected chi connectivity index (χ0v) is 10.9. The molecule has 1 aliphatic carbocycles. The number of nitrogens with two attached hydrogens (primary N) is 1. The first-order chi connectivity index (χ1) is 8.65. The van der Waals surface area contributed by atoms with Crippen molar-refractivity contribution in [3.63, 3.8) is 0 Å². The van der Waals surface area contributed by atoms with Crippen LogP contribution in [0.1, 0.15) is 44.3 Å². The van der Waals surface area contributed by atoms with E-state index in [9.17, 15) is 4.79 Å². The van der Waals surface area contributed by atoms with Crippen LogP contribution >= 0.6 is 0 Å². The third kappa shape index (κ3) is 2.91. The maximum atomic E-state index is 11.9. The predicted octanol–water partition coefficient (Wildman–Crippen LogP) is 2.81. The number of rotatable bonds is 5. The van der Waals surface area contributed by atoms with Crippen LogP contribution in [0, 0.1) is 5.41 Å². The van der Waals surface area contributed by atoms with Gasteiger partial charge >= 0.3 is 5.97 Å². The standard InChI is InChI=1S/C15H21NO2/c1-12(13-6-3-2-4-7-13)18-14(17)10-15(11-16)8-5-9-15/h2-4,6-7,12H,5,8-11,16H2,1H3. The van der Waals surface area contributed by atoms with Gasteiger partial charge < -0.3 is 10.5 Å². The molecule has 0 aliphatic heterocycles. The second-order valence-electron chi connectivity index (χ2n) is 5.28. The molecule has 1 atom stereocenters. The van der Waals surface area contributed by atoms with Gasteiger partial charge in [0.2, 0.25) is 0 Å². The Kier molecular flexibility index (Phi) is 4.02. The Morgan fingerprint density at radius 1 is 1.39 bits per heavy atom. The molecular weight excluding hydrogens is 226 g/mol. The molecule has 2 rings (SSSR count). The summed E-state index contributed by atoms with van der Waals surface area (Å²) in [5.74, 6) is -0.128. The predicted molar refractivity (Wildman–Crippen MR) is 70.9 cm³/mol. The van der Waals surface area contributed by atoms with E-state index < -0.39 is 0 Å². The zero-order valence-electron chi connectivity index (χ0n) is 10.9. The average Bonchev–Trinajstić information content (AvgIpc) is 2.35. The van der Waals surface area contributed by atoms with Crippen LogP contribution in [0.4, 0.5) is 0 Å². The Balaban J connectivity index is 1.88. The molecule has 98 valence electrons. The highest BCUT2D eigenvalue weighted by Crippen LogP contribution is 2.43. The van der Waals surface area contributed by atoms with E-state index in [1.807, 2.05) is 37.3 Å². The maximum Gasteiger partial charge on any atom is 0.306 e. The fraction of sp³-hybridized carbons (Fsp3) is 0.533. The van der Waals surface area contributed by atoms with E-state index in [-0.39, 0.29) is 17.5 Å². The summed E-state index contributed by atoms with van der Waals surface area (Å²) in [4.78, 5) is 11.9. The van der Waals surface area contributed by atoms with E-state index in [4.69, 9.17) is 10.5 Å². The quantitative estimate of drug-likeness (QED) is 0.814. The van der Waals surface area contributed by atoms with E-state index >= 15 is 0 Å². The smallest absolute Gasteiger partial charge is 0.306 e. The van der Waals surface area contributed by atoms with Crippen molar-refractivity contribution in [2.75, 3.05) is 6.54 Å². The third-order valence-corrected chi connectivity index (χ3v) is 3.94. The summed E-state index contributed by atoms with van der Waals surface area (Å²) in [6, 6.07) is 9.80. The molecule has 2 N–H and O–H groups in total. The second-order valence-corrected chi connectivity index (χ2v) is 5.28. The van der Waals surface area contributed by atoms with Crippen LogP contribution in [-0.4, -0.2) is 12.5 Å². The molecule has 0 spiro atoms. The summed E-state index contributed by atoms with van der Waals surface area (Å²) in [6.45, 7) is 2.49. The molecule has 3 nitrogen and oxygen atoms in total. The summed E-state index contributed by atoms with van der Waals surface area (Å²) in [6.07, 6.45) is 3.56. The minimum absolute atomic E-state index is 0.0213. The highest BCUT2D eigenvalue weighted by Gasteiger charge is 2.38. The Bertz CT molecular complexity index is 393. The lowest BCUT2D eigenvalue weighted by molar-refractivity contribution is -0.152. The van der Waals surface area contributed by atoms with Crippen molar-refractivity contribution in [3.05, 3.63) is 35.9 Å². The first-order valence-corrected chi connectivity index (χ1v) is 6.60. The van der Waals surface area contributed by atoms with Crippen LogP contribution in [-0.2, 0) is 9.53 Å². The third-order valence-electron chi connectivity index (χ3n) is 3.94. The SMILES string of the molecule is CC(OC(=O)CC1(CN)CCC1)c1ccccc1. The number of hydrogen-bond donors (Lipinski definition) is 1. The molecule has 1 aromatic carbocycles. The van der Waals surface area contributed by atoms with Gasteiger partial charge in [0, 0.05) is 0 Å². The molecule has 3 heteroatoms. The lowest BCUT2D eigenvalue weighted by atomic mass is 9.67. The Labute approximate surface area is 108 Å². The monoisotopic (exact) mass is 247 g/mol. The largest absolute Gasteiger partial charge is 0.458 e. The van der Waals surface area contributed by atoms with Crippen LogP contribution in [0.3, 0.4) is 0 Å². The molecule has 0 bridgehead atoms. The molecule has 1 unspecified atom stereocenters. The molecule has 0 saturated heterocycles. The van der Waals surface area contributed by atoms with Crippen LogP contribution in [0.15, 0.2) is 30.3 Å². The lowest BCUT2D eigenvalue weighted by Gasteiger charge is -2.40. The van der Waals surface area contributed by atoms with Gasteiger partial charge in [0.1, 0.15) is 6.10 Å². The summed E-state index contributed by atoms with van der Waals surface area (Å²) in [5, 5.41) is 0. The minimum Gasteiger partial charge on any atom is -0.458 e. The molecule has 1 saturated carbocycles. The van der Waals surface area contributed by atoms with Gasteiger partial charge in [-0.2, -0.15) is 0 Å². The fourth-order valence-corrected chi connectivity index (χ4v) is 2.47. The van der Waals surface area contributed by atoms with Crippen LogP contribution in [0.5, 0.6) is 0 Å². The van der Waals surface area contributed by atoms with Gasteiger partial charge in [-0.05, 0) is 37.3 Å². The maximum absolute atomic E-state index is 11.9. The summed E-state index contributed by atoms with van der Waals surface area (Å²) in [7, 11) is 0. The van der Waals surface area contributed by atoms with Gasteiger partial charge in [0.15, 0.2) is 0 Å². The Hall–Kier alpha value is -1.35. The molecule has 0 amide bonds. The normalized spacial score (nSPS) is 18.8. The average molecular weight is 247 g/mol. The summed E-state index contributed by atoms with van der Waals surface area (Å²) < 4.78 is 5.48. The highest BCUT2D eigenvalue weighted by molar-refractivity contribution is 5.70. The van der Waals surface area contributed by atoms with Gasteiger partial charge in [-0.3, -0.25) is 4.79 Å². The Morgan fingerprint density at radius 3 is 2.56 bits per heavy atom. The van der Waals surface area contributed by atoms with Gasteiger partial charge in [-0.25, -0.2) is 0 Å². The highest BCUT2D eigenvalue weighted by atomic mass is 16.5. The van der Waals surface area contributed by atoms with Gasteiger partial charge in [-0.15, -0.1) is 0 Å². The zero-order chi connectivity index (χ0) is 13.0. The fourth-order valence-electron chi connectivity index (χ4n) is 2.47. The molecular formula is C15H21NO2. The van der Waals surface area contributed by atoms with E-state index in [0.717, 1.165) is 18.4 Å². The molecule has 0 heterocycles. The number of benzene rings is 1. The summed E-state index contributed by atoms with van der Waals surface area (Å²) >= 11 is 0. The van der Waals surface area contributed by atoms with Crippen molar-refractivity contribution >= 4 is 5.97 Å². The van der Waals surface area contributed by atoms with Gasteiger partial charge in [0.25, 0.3) is 0 Å². The van der Waals surface area contributed by atoms with E-state index in [0.29, 0.717) is 13.0 Å². The van der Waals surface area contributed by atoms with Crippen LogP contribution < -0.4 is 5.73 Å². The van der Waals surface area contributed by atoms with Crippen molar-refractivity contribution in [3.8, 4) is 0 Å². The van der Waals surface area contributed by atoms with Crippen LogP contribution in [0.25, 0.3) is 0 Å². The first-order valence-electron chi connectivity index (χ1n) is 6.60. The number of ether oxygens (including phenoxy) is 1. The van der Waals surface area contributed by atoms with Crippen molar-refractivity contribution in [1.82, 2.24) is 0 Å². The topological polar surface area (TPSA) is 52.3 Å². The molecule has 1 aromatic rings. The van der Waals surface area contributed by atoms with E-state index in [1.165, 1.54) is 6.42 Å². The molecule has 0 radical (unpaired) electrons. The number of carbonyl (C=O) groups is 1. The lowest BCUT2D eigenvalue weighted by Crippen LogP contribution is -2.39. The van der Waals surface area contributed by atoms with Gasteiger partial charge in [-0.1, -0.05) is 36.8 Å². The number of esters is 1. The molecule has 1 aliphatic rings. The second kappa shape index (κ2) is 5.53. The summed E-state index contributed by atoms with van der Waals surface area (Å²) in [5.41, 5.74) is 6.80. The van der Waals surface area contributed by atoms with Crippen molar-refractivity contribution in [1.29, 1.82) is 0 Å². The minimum atomic E-state index is -0.186. The van der Waals surface area contributed by atoms with E-state index in [2.05, 4.69) is 0 Å². The van der Waals surface area contributed by atoms with Crippen molar-refractivity contribution in [2.45, 2.75) is 38.7 Å². The Morgan fingerprint density at radius 2 is 2.06 bits per heavy atom. The van der Waals surface area contributed by atoms with Crippen molar-refractivity contribution in [2.24, 2.45) is 11.1 Å². The first kappa shape index (κ1) is 13.1. The van der Waals surface area contributed by atoms with E-state index in [1.54, 1.807) is 0 Å². The van der Waals surface area contributed by atoms with Crippen molar-refractivity contribution < 1.29 is 9.53 Å². The van der Waals surface area contributed by atoms with Gasteiger partial charge in [0.05, 0.1) is 6.42 Å². The van der Waals surface area contributed by atoms with Crippen LogP contribution in [0.2, 0.25) is 0 Å². The number of carbonyl (C=O) groups excluding carboxylic acids is 1. The molecule has 0 aromatic heterocycles. The molecule has 1 fully saturated rings. The number of hydrogen-bond acceptors (Lipinski definition) is 3.